The number of imide groups is 1. The van der Waals surface area contributed by atoms with Crippen LogP contribution in [0.3, 0.4) is 0 Å². The van der Waals surface area contributed by atoms with Crippen molar-refractivity contribution in [3.8, 4) is 5.75 Å². The zero-order chi connectivity index (χ0) is 23.4. The number of hydrogen-bond acceptors (Lipinski definition) is 5. The molecule has 2 aromatic carbocycles. The number of nitrogens with one attached hydrogen (secondary N) is 1. The highest BCUT2D eigenvalue weighted by molar-refractivity contribution is 6.01. The minimum atomic E-state index is -0.559. The quantitative estimate of drug-likeness (QED) is 0.755. The van der Waals surface area contributed by atoms with Crippen molar-refractivity contribution in [2.24, 2.45) is 5.92 Å². The second kappa shape index (κ2) is 7.95. The van der Waals surface area contributed by atoms with Crippen molar-refractivity contribution >= 4 is 23.4 Å². The molecule has 0 spiro atoms. The van der Waals surface area contributed by atoms with E-state index in [0.717, 1.165) is 36.3 Å². The Hall–Kier alpha value is -3.72. The van der Waals surface area contributed by atoms with Crippen molar-refractivity contribution in [2.75, 3.05) is 26.2 Å². The molecular weight excluding hydrogens is 439 g/mol. The highest BCUT2D eigenvalue weighted by Crippen LogP contribution is 2.39. The lowest BCUT2D eigenvalue weighted by Crippen LogP contribution is -2.56. The summed E-state index contributed by atoms with van der Waals surface area (Å²) in [5, 5.41) is 4.99. The van der Waals surface area contributed by atoms with E-state index in [4.69, 9.17) is 4.74 Å². The summed E-state index contributed by atoms with van der Waals surface area (Å²) < 4.78 is 19.1. The lowest BCUT2D eigenvalue weighted by atomic mass is 9.84. The highest BCUT2D eigenvalue weighted by Gasteiger charge is 2.37. The number of halogens is 1. The number of rotatable bonds is 4. The van der Waals surface area contributed by atoms with Crippen molar-refractivity contribution in [1.29, 1.82) is 0 Å². The van der Waals surface area contributed by atoms with E-state index in [2.05, 4.69) is 16.3 Å². The molecule has 0 aliphatic carbocycles. The van der Waals surface area contributed by atoms with E-state index in [1.807, 2.05) is 18.2 Å². The Bertz CT molecular complexity index is 1250. The van der Waals surface area contributed by atoms with Crippen LogP contribution in [0, 0.1) is 11.7 Å². The summed E-state index contributed by atoms with van der Waals surface area (Å²) in [5.41, 5.74) is 4.76. The molecule has 2 fully saturated rings. The van der Waals surface area contributed by atoms with Crippen LogP contribution in [0.15, 0.2) is 42.5 Å². The van der Waals surface area contributed by atoms with Crippen LogP contribution >= 0.6 is 0 Å². The molecule has 34 heavy (non-hydrogen) atoms. The molecule has 0 aromatic heterocycles. The molecule has 4 amide bonds. The van der Waals surface area contributed by atoms with Gasteiger partial charge in [-0.3, -0.25) is 19.8 Å². The van der Waals surface area contributed by atoms with Crippen LogP contribution in [0.1, 0.15) is 33.5 Å². The maximum Gasteiger partial charge on any atom is 0.342 e. The topological polar surface area (TPSA) is 82.2 Å². The summed E-state index contributed by atoms with van der Waals surface area (Å²) in [7, 11) is 0. The standard InChI is InChI=1S/C25H23FN4O4/c26-18-2-4-21-19(6-8-34-22(21)10-18)17-12-28(13-17)11-15-1-3-20-16(9-15)14-30(24(20)32)29-7-5-23(31)27-25(29)33/h1-4,6,9-10,17H,5,7-8,11-14H2,(H,27,31,33). The number of likely N-dealkylation sites (tertiary alicyclic amines) is 1. The molecule has 0 atom stereocenters. The van der Waals surface area contributed by atoms with Crippen molar-refractivity contribution in [3.63, 3.8) is 0 Å². The van der Waals surface area contributed by atoms with Crippen molar-refractivity contribution in [3.05, 3.63) is 70.5 Å². The third kappa shape index (κ3) is 3.52. The minimum absolute atomic E-state index is 0.176. The van der Waals surface area contributed by atoms with Crippen LogP contribution in [-0.2, 0) is 17.9 Å². The van der Waals surface area contributed by atoms with Crippen LogP contribution in [0.4, 0.5) is 9.18 Å². The second-order valence-corrected chi connectivity index (χ2v) is 9.08. The van der Waals surface area contributed by atoms with Crippen LogP contribution < -0.4 is 10.1 Å². The molecule has 2 saturated heterocycles. The predicted molar refractivity (Wildman–Crippen MR) is 120 cm³/mol. The van der Waals surface area contributed by atoms with E-state index in [9.17, 15) is 18.8 Å². The van der Waals surface area contributed by atoms with Gasteiger partial charge in [0, 0.05) is 49.2 Å². The molecule has 4 aliphatic heterocycles. The van der Waals surface area contributed by atoms with Crippen LogP contribution in [0.2, 0.25) is 0 Å². The number of benzene rings is 2. The number of fused-ring (bicyclic) bond motifs is 2. The van der Waals surface area contributed by atoms with Gasteiger partial charge in [-0.15, -0.1) is 0 Å². The highest BCUT2D eigenvalue weighted by atomic mass is 19.1. The molecule has 0 unspecified atom stereocenters. The zero-order valence-corrected chi connectivity index (χ0v) is 18.4. The molecule has 4 heterocycles. The molecule has 6 rings (SSSR count). The first-order valence-electron chi connectivity index (χ1n) is 11.4. The molecule has 9 heteroatoms. The summed E-state index contributed by atoms with van der Waals surface area (Å²) in [6.07, 6.45) is 2.26. The first kappa shape index (κ1) is 20.9. The molecule has 0 radical (unpaired) electrons. The van der Waals surface area contributed by atoms with Gasteiger partial charge in [0.15, 0.2) is 0 Å². The fraction of sp³-hybridized carbons (Fsp3) is 0.320. The molecule has 174 valence electrons. The number of nitrogens with zero attached hydrogens (tertiary/aromatic N) is 3. The maximum atomic E-state index is 13.5. The Morgan fingerprint density at radius 2 is 1.85 bits per heavy atom. The summed E-state index contributed by atoms with van der Waals surface area (Å²) >= 11 is 0. The van der Waals surface area contributed by atoms with Gasteiger partial charge >= 0.3 is 6.03 Å². The summed E-state index contributed by atoms with van der Waals surface area (Å²) in [6.45, 7) is 3.52. The molecule has 2 aromatic rings. The Labute approximate surface area is 195 Å². The van der Waals surface area contributed by atoms with Crippen molar-refractivity contribution in [2.45, 2.75) is 19.5 Å². The van der Waals surface area contributed by atoms with Gasteiger partial charge in [0.25, 0.3) is 5.91 Å². The van der Waals surface area contributed by atoms with Gasteiger partial charge in [-0.05, 0) is 41.0 Å². The van der Waals surface area contributed by atoms with Crippen LogP contribution in [0.5, 0.6) is 5.75 Å². The summed E-state index contributed by atoms with van der Waals surface area (Å²) in [4.78, 5) is 38.8. The largest absolute Gasteiger partial charge is 0.489 e. The number of hydrazine groups is 1. The molecule has 0 bridgehead atoms. The van der Waals surface area contributed by atoms with E-state index < -0.39 is 6.03 Å². The second-order valence-electron chi connectivity index (χ2n) is 9.08. The molecule has 1 N–H and O–H groups in total. The lowest BCUT2D eigenvalue weighted by Gasteiger charge is -2.41. The van der Waals surface area contributed by atoms with Gasteiger partial charge in [0.1, 0.15) is 18.2 Å². The van der Waals surface area contributed by atoms with Gasteiger partial charge in [-0.2, -0.15) is 0 Å². The number of carbonyl (C=O) groups excluding carboxylic acids is 3. The Kier molecular flexibility index (Phi) is 4.88. The van der Waals surface area contributed by atoms with Gasteiger partial charge in [0.2, 0.25) is 5.91 Å². The van der Waals surface area contributed by atoms with E-state index in [0.29, 0.717) is 30.4 Å². The summed E-state index contributed by atoms with van der Waals surface area (Å²) in [6, 6.07) is 9.95. The Balaban J connectivity index is 1.10. The maximum absolute atomic E-state index is 13.5. The molecular formula is C25H23FN4O4. The number of carbonyl (C=O) groups is 3. The number of amides is 4. The third-order valence-electron chi connectivity index (χ3n) is 6.88. The monoisotopic (exact) mass is 462 g/mol. The van der Waals surface area contributed by atoms with Crippen LogP contribution in [0.25, 0.3) is 5.57 Å². The molecule has 4 aliphatic rings. The average molecular weight is 462 g/mol. The van der Waals surface area contributed by atoms with Crippen LogP contribution in [-0.4, -0.2) is 59.0 Å². The first-order chi connectivity index (χ1) is 16.5. The summed E-state index contributed by atoms with van der Waals surface area (Å²) in [5.74, 6) is 0.137. The number of hydrogen-bond donors (Lipinski definition) is 1. The van der Waals surface area contributed by atoms with E-state index in [1.54, 1.807) is 6.07 Å². The van der Waals surface area contributed by atoms with E-state index in [-0.39, 0.29) is 30.6 Å². The van der Waals surface area contributed by atoms with Crippen molar-refractivity contribution < 1.29 is 23.5 Å². The predicted octanol–water partition coefficient (Wildman–Crippen LogP) is 2.55. The fourth-order valence-corrected chi connectivity index (χ4v) is 5.16. The molecule has 0 saturated carbocycles. The van der Waals surface area contributed by atoms with Gasteiger partial charge in [0.05, 0.1) is 13.1 Å². The zero-order valence-electron chi connectivity index (χ0n) is 18.4. The Morgan fingerprint density at radius 1 is 1.03 bits per heavy atom. The number of urea groups is 1. The minimum Gasteiger partial charge on any atom is -0.489 e. The van der Waals surface area contributed by atoms with E-state index in [1.165, 1.54) is 27.7 Å². The van der Waals surface area contributed by atoms with E-state index >= 15 is 0 Å². The number of ether oxygens (including phenoxy) is 1. The third-order valence-corrected chi connectivity index (χ3v) is 6.88. The fourth-order valence-electron chi connectivity index (χ4n) is 5.16. The van der Waals surface area contributed by atoms with Crippen molar-refractivity contribution in [1.82, 2.24) is 20.2 Å². The van der Waals surface area contributed by atoms with Gasteiger partial charge < -0.3 is 4.74 Å². The molecule has 8 nitrogen and oxygen atoms in total. The average Bonchev–Trinajstić information content (AvgIpc) is 3.11. The lowest BCUT2D eigenvalue weighted by molar-refractivity contribution is -0.123. The Morgan fingerprint density at radius 3 is 2.68 bits per heavy atom. The van der Waals surface area contributed by atoms with Gasteiger partial charge in [-0.1, -0.05) is 12.1 Å². The SMILES string of the molecule is O=C1CCN(N2Cc3cc(CN4CC(C5=CCOc6cc(F)ccc65)C4)ccc3C2=O)C(=O)N1. The smallest absolute Gasteiger partial charge is 0.342 e. The normalized spacial score (nSPS) is 20.4. The first-order valence-corrected chi connectivity index (χ1v) is 11.4. The van der Waals surface area contributed by atoms with Gasteiger partial charge in [-0.25, -0.2) is 19.2 Å².